The van der Waals surface area contributed by atoms with Crippen molar-refractivity contribution < 1.29 is 0 Å². The first-order chi connectivity index (χ1) is 6.43. The first-order valence-corrected chi connectivity index (χ1v) is 6.14. The highest BCUT2D eigenvalue weighted by Gasteiger charge is 2.15. The molecule has 0 aromatic heterocycles. The second kappa shape index (κ2) is 7.37. The molecule has 0 aromatic carbocycles. The molecule has 1 N–H and O–H groups in total. The Bertz CT molecular complexity index is 108. The third kappa shape index (κ3) is 5.30. The van der Waals surface area contributed by atoms with E-state index in [9.17, 15) is 0 Å². The van der Waals surface area contributed by atoms with Crippen molar-refractivity contribution in [2.75, 3.05) is 13.1 Å². The maximum atomic E-state index is 3.52. The van der Waals surface area contributed by atoms with E-state index in [4.69, 9.17) is 0 Å². The molecule has 1 rings (SSSR count). The maximum Gasteiger partial charge on any atom is -0.00488 e. The monoisotopic (exact) mass is 183 g/mol. The van der Waals surface area contributed by atoms with Crippen LogP contribution in [0, 0.1) is 5.92 Å². The summed E-state index contributed by atoms with van der Waals surface area (Å²) < 4.78 is 0. The lowest BCUT2D eigenvalue weighted by molar-refractivity contribution is 0.288. The van der Waals surface area contributed by atoms with Gasteiger partial charge in [-0.25, -0.2) is 0 Å². The molecule has 0 atom stereocenters. The fourth-order valence-corrected chi connectivity index (χ4v) is 1.92. The van der Waals surface area contributed by atoms with E-state index in [2.05, 4.69) is 12.2 Å². The summed E-state index contributed by atoms with van der Waals surface area (Å²) in [6.07, 6.45) is 11.5. The second-order valence-corrected chi connectivity index (χ2v) is 4.40. The summed E-state index contributed by atoms with van der Waals surface area (Å²) in [5.41, 5.74) is 0. The predicted octanol–water partition coefficient (Wildman–Crippen LogP) is 3.35. The average molecular weight is 183 g/mol. The van der Waals surface area contributed by atoms with Gasteiger partial charge < -0.3 is 5.32 Å². The van der Waals surface area contributed by atoms with Gasteiger partial charge in [0.2, 0.25) is 0 Å². The lowest BCUT2D eigenvalue weighted by Gasteiger charge is -2.25. The van der Waals surface area contributed by atoms with Crippen LogP contribution in [0.15, 0.2) is 0 Å². The molecule has 0 heterocycles. The summed E-state index contributed by atoms with van der Waals surface area (Å²) in [4.78, 5) is 0. The Morgan fingerprint density at radius 1 is 1.08 bits per heavy atom. The standard InChI is InChI=1S/C12H25N/c1-2-3-4-10-13-11-6-9-12-7-5-8-12/h12-13H,2-11H2,1H3. The molecule has 78 valence electrons. The quantitative estimate of drug-likeness (QED) is 0.569. The van der Waals surface area contributed by atoms with E-state index in [0.717, 1.165) is 5.92 Å². The van der Waals surface area contributed by atoms with Gasteiger partial charge in [-0.3, -0.25) is 0 Å². The van der Waals surface area contributed by atoms with Crippen molar-refractivity contribution in [3.63, 3.8) is 0 Å². The van der Waals surface area contributed by atoms with Crippen molar-refractivity contribution in [1.29, 1.82) is 0 Å². The predicted molar refractivity (Wildman–Crippen MR) is 59.0 cm³/mol. The molecular formula is C12H25N. The van der Waals surface area contributed by atoms with Crippen molar-refractivity contribution in [3.8, 4) is 0 Å². The van der Waals surface area contributed by atoms with E-state index in [1.807, 2.05) is 0 Å². The van der Waals surface area contributed by atoms with Crippen LogP contribution in [-0.2, 0) is 0 Å². The Morgan fingerprint density at radius 3 is 2.46 bits per heavy atom. The summed E-state index contributed by atoms with van der Waals surface area (Å²) in [6.45, 7) is 4.75. The van der Waals surface area contributed by atoms with Gasteiger partial charge in [-0.1, -0.05) is 39.0 Å². The smallest absolute Gasteiger partial charge is 0.00488 e. The highest BCUT2D eigenvalue weighted by atomic mass is 14.8. The van der Waals surface area contributed by atoms with Crippen LogP contribution in [0.3, 0.4) is 0 Å². The Labute approximate surface area is 83.3 Å². The zero-order chi connectivity index (χ0) is 9.36. The molecule has 1 aliphatic rings. The number of nitrogens with one attached hydrogen (secondary N) is 1. The van der Waals surface area contributed by atoms with E-state index in [0.29, 0.717) is 0 Å². The van der Waals surface area contributed by atoms with E-state index in [-0.39, 0.29) is 0 Å². The molecule has 1 fully saturated rings. The van der Waals surface area contributed by atoms with Crippen molar-refractivity contribution in [1.82, 2.24) is 5.32 Å². The largest absolute Gasteiger partial charge is 0.317 e. The van der Waals surface area contributed by atoms with Gasteiger partial charge in [0, 0.05) is 0 Å². The lowest BCUT2D eigenvalue weighted by Crippen LogP contribution is -2.19. The minimum absolute atomic E-state index is 1.09. The van der Waals surface area contributed by atoms with Crippen LogP contribution in [0.1, 0.15) is 58.3 Å². The zero-order valence-electron chi connectivity index (χ0n) is 9.15. The van der Waals surface area contributed by atoms with Gasteiger partial charge in [0.1, 0.15) is 0 Å². The van der Waals surface area contributed by atoms with E-state index in [1.54, 1.807) is 0 Å². The van der Waals surface area contributed by atoms with Crippen LogP contribution in [0.25, 0.3) is 0 Å². The van der Waals surface area contributed by atoms with Crippen LogP contribution >= 0.6 is 0 Å². The summed E-state index contributed by atoms with van der Waals surface area (Å²) >= 11 is 0. The van der Waals surface area contributed by atoms with Crippen LogP contribution in [0.2, 0.25) is 0 Å². The Balaban J connectivity index is 1.68. The molecule has 0 saturated heterocycles. The van der Waals surface area contributed by atoms with Crippen LogP contribution in [0.5, 0.6) is 0 Å². The molecule has 1 heteroatoms. The van der Waals surface area contributed by atoms with Gasteiger partial charge in [0.05, 0.1) is 0 Å². The molecule has 1 nitrogen and oxygen atoms in total. The van der Waals surface area contributed by atoms with Crippen molar-refractivity contribution in [3.05, 3.63) is 0 Å². The third-order valence-corrected chi connectivity index (χ3v) is 3.15. The topological polar surface area (TPSA) is 12.0 Å². The van der Waals surface area contributed by atoms with Gasteiger partial charge in [0.25, 0.3) is 0 Å². The van der Waals surface area contributed by atoms with E-state index >= 15 is 0 Å². The second-order valence-electron chi connectivity index (χ2n) is 4.40. The average Bonchev–Trinajstić information content (AvgIpc) is 2.07. The van der Waals surface area contributed by atoms with Crippen molar-refractivity contribution in [2.24, 2.45) is 5.92 Å². The van der Waals surface area contributed by atoms with Gasteiger partial charge in [-0.15, -0.1) is 0 Å². The number of unbranched alkanes of at least 4 members (excludes halogenated alkanes) is 2. The number of hydrogen-bond acceptors (Lipinski definition) is 1. The van der Waals surface area contributed by atoms with Crippen LogP contribution in [0.4, 0.5) is 0 Å². The summed E-state index contributed by atoms with van der Waals surface area (Å²) in [5.74, 6) is 1.09. The molecule has 1 saturated carbocycles. The SMILES string of the molecule is CCCCCNCCCC1CCC1. The van der Waals surface area contributed by atoms with Gasteiger partial charge in [-0.05, 0) is 38.3 Å². The number of hydrogen-bond donors (Lipinski definition) is 1. The van der Waals surface area contributed by atoms with Gasteiger partial charge in [0.15, 0.2) is 0 Å². The minimum atomic E-state index is 1.09. The molecule has 0 spiro atoms. The minimum Gasteiger partial charge on any atom is -0.317 e. The van der Waals surface area contributed by atoms with Gasteiger partial charge >= 0.3 is 0 Å². The highest BCUT2D eigenvalue weighted by Crippen LogP contribution is 2.29. The summed E-state index contributed by atoms with van der Waals surface area (Å²) in [7, 11) is 0. The lowest BCUT2D eigenvalue weighted by atomic mass is 9.82. The Kier molecular flexibility index (Phi) is 6.26. The first kappa shape index (κ1) is 11.0. The van der Waals surface area contributed by atoms with E-state index < -0.39 is 0 Å². The maximum absolute atomic E-state index is 3.52. The molecule has 0 radical (unpaired) electrons. The molecule has 0 amide bonds. The molecule has 1 aliphatic carbocycles. The van der Waals surface area contributed by atoms with E-state index in [1.165, 1.54) is 64.5 Å². The molecule has 0 aliphatic heterocycles. The normalized spacial score (nSPS) is 17.3. The molecule has 13 heavy (non-hydrogen) atoms. The highest BCUT2D eigenvalue weighted by molar-refractivity contribution is 4.69. The summed E-state index contributed by atoms with van der Waals surface area (Å²) in [6, 6.07) is 0. The molecule has 0 aromatic rings. The first-order valence-electron chi connectivity index (χ1n) is 6.14. The van der Waals surface area contributed by atoms with Crippen molar-refractivity contribution >= 4 is 0 Å². The van der Waals surface area contributed by atoms with Crippen molar-refractivity contribution in [2.45, 2.75) is 58.3 Å². The summed E-state index contributed by atoms with van der Waals surface area (Å²) in [5, 5.41) is 3.52. The van der Waals surface area contributed by atoms with Gasteiger partial charge in [-0.2, -0.15) is 0 Å². The third-order valence-electron chi connectivity index (χ3n) is 3.15. The Hall–Kier alpha value is -0.0400. The Morgan fingerprint density at radius 2 is 1.85 bits per heavy atom. The molecule has 0 bridgehead atoms. The molecule has 0 unspecified atom stereocenters. The zero-order valence-corrected chi connectivity index (χ0v) is 9.15. The fraction of sp³-hybridized carbons (Fsp3) is 1.00. The van der Waals surface area contributed by atoms with Crippen LogP contribution < -0.4 is 5.32 Å². The number of rotatable bonds is 8. The molecular weight excluding hydrogens is 158 g/mol. The van der Waals surface area contributed by atoms with Crippen LogP contribution in [-0.4, -0.2) is 13.1 Å². The fourth-order valence-electron chi connectivity index (χ4n) is 1.92.